The Balaban J connectivity index is 2.09. The first-order valence-electron chi connectivity index (χ1n) is 6.18. The number of nitrogens with zero attached hydrogens (tertiary/aromatic N) is 3. The smallest absolute Gasteiger partial charge is 0.259 e. The van der Waals surface area contributed by atoms with E-state index in [0.29, 0.717) is 16.4 Å². The van der Waals surface area contributed by atoms with Crippen LogP contribution in [0, 0.1) is 0 Å². The van der Waals surface area contributed by atoms with Gasteiger partial charge in [-0.15, -0.1) is 0 Å². The highest BCUT2D eigenvalue weighted by Gasteiger charge is 2.11. The van der Waals surface area contributed by atoms with E-state index < -0.39 is 0 Å². The zero-order valence-corrected chi connectivity index (χ0v) is 11.7. The van der Waals surface area contributed by atoms with Crippen molar-refractivity contribution >= 4 is 29.3 Å². The molecule has 7 heteroatoms. The zero-order valence-electron chi connectivity index (χ0n) is 10.9. The van der Waals surface area contributed by atoms with Crippen LogP contribution in [0.15, 0.2) is 30.7 Å². The van der Waals surface area contributed by atoms with E-state index in [1.54, 1.807) is 24.5 Å². The Bertz CT molecular complexity index is 591. The molecule has 0 bridgehead atoms. The van der Waals surface area contributed by atoms with Crippen molar-refractivity contribution in [1.82, 2.24) is 15.0 Å². The van der Waals surface area contributed by atoms with Crippen molar-refractivity contribution in [2.24, 2.45) is 0 Å². The van der Waals surface area contributed by atoms with Crippen molar-refractivity contribution < 1.29 is 4.79 Å². The van der Waals surface area contributed by atoms with Gasteiger partial charge in [-0.3, -0.25) is 10.1 Å². The van der Waals surface area contributed by atoms with Crippen molar-refractivity contribution in [3.8, 4) is 0 Å². The molecule has 0 fully saturated rings. The van der Waals surface area contributed by atoms with E-state index in [4.69, 9.17) is 11.6 Å². The summed E-state index contributed by atoms with van der Waals surface area (Å²) in [5.41, 5.74) is 0.351. The lowest BCUT2D eigenvalue weighted by Gasteiger charge is -2.08. The summed E-state index contributed by atoms with van der Waals surface area (Å²) in [5.74, 6) is 0.454. The minimum atomic E-state index is -0.354. The topological polar surface area (TPSA) is 79.8 Å². The maximum Gasteiger partial charge on any atom is 0.259 e. The van der Waals surface area contributed by atoms with Gasteiger partial charge in [0.2, 0.25) is 5.95 Å². The highest BCUT2D eigenvalue weighted by molar-refractivity contribution is 6.33. The fourth-order valence-corrected chi connectivity index (χ4v) is 1.71. The SMILES string of the molecule is CCCNc1ncc(C(=O)Nc2ncccn2)cc1Cl. The number of anilines is 2. The van der Waals surface area contributed by atoms with Gasteiger partial charge in [-0.05, 0) is 18.6 Å². The van der Waals surface area contributed by atoms with Gasteiger partial charge in [0.25, 0.3) is 5.91 Å². The monoisotopic (exact) mass is 291 g/mol. The molecule has 0 radical (unpaired) electrons. The number of nitrogens with one attached hydrogen (secondary N) is 2. The van der Waals surface area contributed by atoms with Gasteiger partial charge in [0.15, 0.2) is 0 Å². The summed E-state index contributed by atoms with van der Waals surface area (Å²) in [6, 6.07) is 3.23. The van der Waals surface area contributed by atoms with Crippen LogP contribution in [-0.4, -0.2) is 27.4 Å². The fraction of sp³-hybridized carbons (Fsp3) is 0.231. The molecule has 20 heavy (non-hydrogen) atoms. The molecule has 0 saturated carbocycles. The summed E-state index contributed by atoms with van der Waals surface area (Å²) < 4.78 is 0. The number of hydrogen-bond acceptors (Lipinski definition) is 5. The number of aromatic nitrogens is 3. The zero-order chi connectivity index (χ0) is 14.4. The normalized spacial score (nSPS) is 10.1. The van der Waals surface area contributed by atoms with Gasteiger partial charge in [-0.25, -0.2) is 15.0 Å². The molecule has 0 aliphatic rings. The second-order valence-electron chi connectivity index (χ2n) is 4.01. The molecule has 0 aliphatic carbocycles. The Hall–Kier alpha value is -2.21. The Labute approximate surface area is 121 Å². The van der Waals surface area contributed by atoms with Gasteiger partial charge >= 0.3 is 0 Å². The lowest BCUT2D eigenvalue weighted by molar-refractivity contribution is 0.102. The molecular formula is C13H14ClN5O. The predicted octanol–water partition coefficient (Wildman–Crippen LogP) is 2.60. The first kappa shape index (κ1) is 14.2. The lowest BCUT2D eigenvalue weighted by atomic mass is 10.2. The Morgan fingerprint density at radius 3 is 2.70 bits per heavy atom. The van der Waals surface area contributed by atoms with Crippen LogP contribution in [0.1, 0.15) is 23.7 Å². The van der Waals surface area contributed by atoms with Crippen LogP contribution in [-0.2, 0) is 0 Å². The molecule has 2 N–H and O–H groups in total. The molecule has 0 spiro atoms. The van der Waals surface area contributed by atoms with Crippen LogP contribution < -0.4 is 10.6 Å². The third kappa shape index (κ3) is 3.64. The summed E-state index contributed by atoms with van der Waals surface area (Å²) in [5, 5.41) is 6.05. The van der Waals surface area contributed by atoms with Gasteiger partial charge in [0, 0.05) is 25.1 Å². The molecule has 2 aromatic rings. The maximum absolute atomic E-state index is 12.0. The first-order valence-corrected chi connectivity index (χ1v) is 6.56. The van der Waals surface area contributed by atoms with Gasteiger partial charge in [-0.2, -0.15) is 0 Å². The molecule has 0 saturated heterocycles. The van der Waals surface area contributed by atoms with E-state index in [2.05, 4.69) is 25.6 Å². The molecule has 6 nitrogen and oxygen atoms in total. The van der Waals surface area contributed by atoms with Crippen LogP contribution in [0.3, 0.4) is 0 Å². The molecule has 104 valence electrons. The van der Waals surface area contributed by atoms with E-state index in [1.165, 1.54) is 6.20 Å². The van der Waals surface area contributed by atoms with E-state index >= 15 is 0 Å². The first-order chi connectivity index (χ1) is 9.70. The number of carbonyl (C=O) groups is 1. The summed E-state index contributed by atoms with van der Waals surface area (Å²) in [6.07, 6.45) is 5.52. The average Bonchev–Trinajstić information content (AvgIpc) is 2.47. The molecule has 0 atom stereocenters. The van der Waals surface area contributed by atoms with Crippen LogP contribution in [0.25, 0.3) is 0 Å². The summed E-state index contributed by atoms with van der Waals surface area (Å²) in [4.78, 5) is 23.9. The molecule has 1 amide bonds. The average molecular weight is 292 g/mol. The molecule has 0 aliphatic heterocycles. The molecule has 0 unspecified atom stereocenters. The largest absolute Gasteiger partial charge is 0.369 e. The molecule has 2 rings (SSSR count). The predicted molar refractivity (Wildman–Crippen MR) is 78.0 cm³/mol. The van der Waals surface area contributed by atoms with Crippen LogP contribution in [0.4, 0.5) is 11.8 Å². The minimum Gasteiger partial charge on any atom is -0.369 e. The Kier molecular flexibility index (Phi) is 4.84. The standard InChI is InChI=1S/C13H14ClN5O/c1-2-4-15-11-10(14)7-9(8-18-11)12(20)19-13-16-5-3-6-17-13/h3,5-8H,2,4H2,1H3,(H,15,18)(H,16,17,19,20). The number of halogens is 1. The molecular weight excluding hydrogens is 278 g/mol. The third-order valence-electron chi connectivity index (χ3n) is 2.44. The van der Waals surface area contributed by atoms with Crippen LogP contribution >= 0.6 is 11.6 Å². The molecule has 2 heterocycles. The molecule has 0 aromatic carbocycles. The Morgan fingerprint density at radius 2 is 2.05 bits per heavy atom. The quantitative estimate of drug-likeness (QED) is 0.885. The van der Waals surface area contributed by atoms with Crippen LogP contribution in [0.2, 0.25) is 5.02 Å². The van der Waals surface area contributed by atoms with Crippen LogP contribution in [0.5, 0.6) is 0 Å². The van der Waals surface area contributed by atoms with E-state index in [0.717, 1.165) is 13.0 Å². The van der Waals surface area contributed by atoms with Crippen molar-refractivity contribution in [3.63, 3.8) is 0 Å². The molecule has 2 aromatic heterocycles. The fourth-order valence-electron chi connectivity index (χ4n) is 1.47. The summed E-state index contributed by atoms with van der Waals surface area (Å²) in [7, 11) is 0. The minimum absolute atomic E-state index is 0.238. The highest BCUT2D eigenvalue weighted by Crippen LogP contribution is 2.20. The van der Waals surface area contributed by atoms with E-state index in [1.807, 2.05) is 6.92 Å². The van der Waals surface area contributed by atoms with E-state index in [-0.39, 0.29) is 11.9 Å². The van der Waals surface area contributed by atoms with Gasteiger partial charge in [-0.1, -0.05) is 18.5 Å². The van der Waals surface area contributed by atoms with Crippen molar-refractivity contribution in [1.29, 1.82) is 0 Å². The van der Waals surface area contributed by atoms with Gasteiger partial charge in [0.1, 0.15) is 5.82 Å². The number of rotatable bonds is 5. The number of pyridine rings is 1. The Morgan fingerprint density at radius 1 is 1.30 bits per heavy atom. The second-order valence-corrected chi connectivity index (χ2v) is 4.41. The van der Waals surface area contributed by atoms with Crippen molar-refractivity contribution in [3.05, 3.63) is 41.3 Å². The van der Waals surface area contributed by atoms with Gasteiger partial charge < -0.3 is 5.32 Å². The third-order valence-corrected chi connectivity index (χ3v) is 2.73. The van der Waals surface area contributed by atoms with Crippen molar-refractivity contribution in [2.75, 3.05) is 17.2 Å². The number of amides is 1. The summed E-state index contributed by atoms with van der Waals surface area (Å²) in [6.45, 7) is 2.82. The second kappa shape index (κ2) is 6.81. The van der Waals surface area contributed by atoms with Crippen molar-refractivity contribution in [2.45, 2.75) is 13.3 Å². The highest BCUT2D eigenvalue weighted by atomic mass is 35.5. The van der Waals surface area contributed by atoms with Gasteiger partial charge in [0.05, 0.1) is 10.6 Å². The summed E-state index contributed by atoms with van der Waals surface area (Å²) >= 11 is 6.08. The lowest BCUT2D eigenvalue weighted by Crippen LogP contribution is -2.14. The van der Waals surface area contributed by atoms with E-state index in [9.17, 15) is 4.79 Å². The maximum atomic E-state index is 12.0. The number of hydrogen-bond donors (Lipinski definition) is 2. The number of carbonyl (C=O) groups excluding carboxylic acids is 1.